The second kappa shape index (κ2) is 5.10. The van der Waals surface area contributed by atoms with E-state index in [1.165, 1.54) is 4.68 Å². The van der Waals surface area contributed by atoms with E-state index in [4.69, 9.17) is 17.3 Å². The highest BCUT2D eigenvalue weighted by Crippen LogP contribution is 2.30. The van der Waals surface area contributed by atoms with Gasteiger partial charge in [0.15, 0.2) is 5.82 Å². The molecule has 0 unspecified atom stereocenters. The molecule has 6 heteroatoms. The molecule has 0 saturated heterocycles. The van der Waals surface area contributed by atoms with E-state index >= 15 is 0 Å². The van der Waals surface area contributed by atoms with Crippen LogP contribution >= 0.6 is 11.6 Å². The average molecular weight is 301 g/mol. The molecule has 0 amide bonds. The predicted octanol–water partition coefficient (Wildman–Crippen LogP) is 3.18. The molecule has 0 aliphatic heterocycles. The number of halogens is 1. The largest absolute Gasteiger partial charge is 0.506 e. The summed E-state index contributed by atoms with van der Waals surface area (Å²) < 4.78 is 1.41. The SMILES string of the molecule is Cc1cc(-c2nnn(-c3ccccc3O)c2N)ccc1Cl. The van der Waals surface area contributed by atoms with Crippen molar-refractivity contribution in [3.05, 3.63) is 53.1 Å². The number of benzene rings is 2. The number of phenols is 1. The molecule has 21 heavy (non-hydrogen) atoms. The smallest absolute Gasteiger partial charge is 0.156 e. The third-order valence-corrected chi connectivity index (χ3v) is 3.67. The van der Waals surface area contributed by atoms with Crippen LogP contribution in [-0.2, 0) is 0 Å². The van der Waals surface area contributed by atoms with Crippen LogP contribution < -0.4 is 5.73 Å². The Balaban J connectivity index is 2.11. The summed E-state index contributed by atoms with van der Waals surface area (Å²) in [5.74, 6) is 0.450. The van der Waals surface area contributed by atoms with Gasteiger partial charge in [-0.15, -0.1) is 5.10 Å². The van der Waals surface area contributed by atoms with Gasteiger partial charge in [0.1, 0.15) is 17.1 Å². The maximum absolute atomic E-state index is 9.89. The van der Waals surface area contributed by atoms with E-state index in [2.05, 4.69) is 10.3 Å². The lowest BCUT2D eigenvalue weighted by Crippen LogP contribution is -2.02. The summed E-state index contributed by atoms with van der Waals surface area (Å²) in [6.07, 6.45) is 0. The Morgan fingerprint density at radius 3 is 2.67 bits per heavy atom. The number of nitrogens with two attached hydrogens (primary N) is 1. The number of anilines is 1. The van der Waals surface area contributed by atoms with Crippen molar-refractivity contribution in [3.8, 4) is 22.7 Å². The van der Waals surface area contributed by atoms with Crippen molar-refractivity contribution in [1.82, 2.24) is 15.0 Å². The van der Waals surface area contributed by atoms with Crippen molar-refractivity contribution in [2.75, 3.05) is 5.73 Å². The highest BCUT2D eigenvalue weighted by Gasteiger charge is 2.15. The van der Waals surface area contributed by atoms with Crippen LogP contribution in [0.15, 0.2) is 42.5 Å². The van der Waals surface area contributed by atoms with Crippen molar-refractivity contribution in [2.24, 2.45) is 0 Å². The molecule has 2 aromatic carbocycles. The number of aromatic hydroxyl groups is 1. The average Bonchev–Trinajstić information content (AvgIpc) is 2.84. The highest BCUT2D eigenvalue weighted by molar-refractivity contribution is 6.31. The molecule has 0 fully saturated rings. The van der Waals surface area contributed by atoms with Gasteiger partial charge in [0, 0.05) is 10.6 Å². The number of aromatic nitrogens is 3. The summed E-state index contributed by atoms with van der Waals surface area (Å²) in [4.78, 5) is 0. The lowest BCUT2D eigenvalue weighted by molar-refractivity contribution is 0.470. The fourth-order valence-electron chi connectivity index (χ4n) is 2.11. The first-order valence-corrected chi connectivity index (χ1v) is 6.72. The Kier molecular flexibility index (Phi) is 3.27. The van der Waals surface area contributed by atoms with E-state index in [0.717, 1.165) is 11.1 Å². The van der Waals surface area contributed by atoms with Crippen LogP contribution in [-0.4, -0.2) is 20.1 Å². The van der Waals surface area contributed by atoms with Gasteiger partial charge in [-0.2, -0.15) is 4.68 Å². The topological polar surface area (TPSA) is 77.0 Å². The third kappa shape index (κ3) is 2.32. The van der Waals surface area contributed by atoms with Crippen LogP contribution in [0, 0.1) is 6.92 Å². The van der Waals surface area contributed by atoms with E-state index in [9.17, 15) is 5.11 Å². The summed E-state index contributed by atoms with van der Waals surface area (Å²) in [7, 11) is 0. The van der Waals surface area contributed by atoms with Gasteiger partial charge in [-0.1, -0.05) is 35.0 Å². The van der Waals surface area contributed by atoms with Crippen molar-refractivity contribution in [3.63, 3.8) is 0 Å². The lowest BCUT2D eigenvalue weighted by Gasteiger charge is -2.06. The molecule has 0 spiro atoms. The van der Waals surface area contributed by atoms with Gasteiger partial charge >= 0.3 is 0 Å². The van der Waals surface area contributed by atoms with Crippen LogP contribution in [0.25, 0.3) is 16.9 Å². The Hall–Kier alpha value is -2.53. The van der Waals surface area contributed by atoms with Crippen LogP contribution in [0.1, 0.15) is 5.56 Å². The van der Waals surface area contributed by atoms with E-state index in [1.54, 1.807) is 30.3 Å². The highest BCUT2D eigenvalue weighted by atomic mass is 35.5. The van der Waals surface area contributed by atoms with E-state index in [1.807, 2.05) is 19.1 Å². The molecule has 0 atom stereocenters. The molecule has 3 aromatic rings. The quantitative estimate of drug-likeness (QED) is 0.762. The molecule has 0 saturated carbocycles. The van der Waals surface area contributed by atoms with Crippen molar-refractivity contribution < 1.29 is 5.11 Å². The zero-order valence-electron chi connectivity index (χ0n) is 11.3. The van der Waals surface area contributed by atoms with E-state index in [-0.39, 0.29) is 5.75 Å². The molecule has 3 N–H and O–H groups in total. The first kappa shape index (κ1) is 13.5. The molecule has 5 nitrogen and oxygen atoms in total. The van der Waals surface area contributed by atoms with Crippen LogP contribution in [0.4, 0.5) is 5.82 Å². The maximum Gasteiger partial charge on any atom is 0.156 e. The Labute approximate surface area is 126 Å². The monoisotopic (exact) mass is 300 g/mol. The standard InChI is InChI=1S/C15H13ClN4O/c1-9-8-10(6-7-11(9)16)14-15(17)20(19-18-14)12-4-2-3-5-13(12)21/h2-8,21H,17H2,1H3. The molecule has 3 rings (SSSR count). The fraction of sp³-hybridized carbons (Fsp3) is 0.0667. The van der Waals surface area contributed by atoms with Crippen LogP contribution in [0.5, 0.6) is 5.75 Å². The number of rotatable bonds is 2. The first-order chi connectivity index (χ1) is 10.1. The number of hydrogen-bond acceptors (Lipinski definition) is 4. The molecule has 1 aromatic heterocycles. The van der Waals surface area contributed by atoms with Crippen LogP contribution in [0.2, 0.25) is 5.02 Å². The zero-order valence-corrected chi connectivity index (χ0v) is 12.0. The molecular weight excluding hydrogens is 288 g/mol. The Bertz CT molecular complexity index is 813. The molecule has 106 valence electrons. The maximum atomic E-state index is 9.89. The minimum Gasteiger partial charge on any atom is -0.506 e. The van der Waals surface area contributed by atoms with Crippen LogP contribution in [0.3, 0.4) is 0 Å². The van der Waals surface area contributed by atoms with Gasteiger partial charge < -0.3 is 10.8 Å². The van der Waals surface area contributed by atoms with Gasteiger partial charge in [-0.3, -0.25) is 0 Å². The summed E-state index contributed by atoms with van der Waals surface area (Å²) in [6, 6.07) is 12.4. The summed E-state index contributed by atoms with van der Waals surface area (Å²) in [5, 5.41) is 18.7. The van der Waals surface area contributed by atoms with Gasteiger partial charge in [0.05, 0.1) is 0 Å². The van der Waals surface area contributed by atoms with Gasteiger partial charge in [0.25, 0.3) is 0 Å². The Morgan fingerprint density at radius 1 is 1.19 bits per heavy atom. The third-order valence-electron chi connectivity index (χ3n) is 3.25. The second-order valence-electron chi connectivity index (χ2n) is 4.69. The zero-order chi connectivity index (χ0) is 15.0. The minimum absolute atomic E-state index is 0.0907. The fourth-order valence-corrected chi connectivity index (χ4v) is 2.23. The number of aryl methyl sites for hydroxylation is 1. The molecule has 0 bridgehead atoms. The van der Waals surface area contributed by atoms with Crippen molar-refractivity contribution in [2.45, 2.75) is 6.92 Å². The van der Waals surface area contributed by atoms with Gasteiger partial charge in [-0.25, -0.2) is 0 Å². The molecule has 0 radical (unpaired) electrons. The second-order valence-corrected chi connectivity index (χ2v) is 5.09. The minimum atomic E-state index is 0.0907. The molecular formula is C15H13ClN4O. The number of hydrogen-bond donors (Lipinski definition) is 2. The molecule has 1 heterocycles. The summed E-state index contributed by atoms with van der Waals surface area (Å²) >= 11 is 6.02. The lowest BCUT2D eigenvalue weighted by atomic mass is 10.1. The van der Waals surface area contributed by atoms with Gasteiger partial charge in [0.2, 0.25) is 0 Å². The van der Waals surface area contributed by atoms with Crippen molar-refractivity contribution in [1.29, 1.82) is 0 Å². The number of phenolic OH excluding ortho intramolecular Hbond substituents is 1. The summed E-state index contributed by atoms with van der Waals surface area (Å²) in [5.41, 5.74) is 8.92. The number of nitrogens with zero attached hydrogens (tertiary/aromatic N) is 3. The molecule has 0 aliphatic rings. The Morgan fingerprint density at radius 2 is 1.95 bits per heavy atom. The van der Waals surface area contributed by atoms with E-state index in [0.29, 0.717) is 22.2 Å². The normalized spacial score (nSPS) is 10.8. The number of nitrogen functional groups attached to an aromatic ring is 1. The van der Waals surface area contributed by atoms with Gasteiger partial charge in [-0.05, 0) is 36.8 Å². The van der Waals surface area contributed by atoms with E-state index < -0.39 is 0 Å². The van der Waals surface area contributed by atoms with Crippen molar-refractivity contribution >= 4 is 17.4 Å². The summed E-state index contributed by atoms with van der Waals surface area (Å²) in [6.45, 7) is 1.91. The molecule has 0 aliphatic carbocycles. The number of para-hydroxylation sites is 2. The predicted molar refractivity (Wildman–Crippen MR) is 82.6 cm³/mol. The first-order valence-electron chi connectivity index (χ1n) is 6.34.